The smallest absolute Gasteiger partial charge is 0.124 e. The molecule has 0 radical (unpaired) electrons. The molecule has 2 aliphatic heterocycles. The highest BCUT2D eigenvalue weighted by atomic mass is 19.1. The zero-order valence-corrected chi connectivity index (χ0v) is 31.5. The Morgan fingerprint density at radius 3 is 2.54 bits per heavy atom. The van der Waals surface area contributed by atoms with Crippen LogP contribution < -0.4 is 21.2 Å². The van der Waals surface area contributed by atoms with Gasteiger partial charge in [0.25, 0.3) is 0 Å². The Morgan fingerprint density at radius 1 is 1.08 bits per heavy atom. The zero-order valence-electron chi connectivity index (χ0n) is 31.5. The van der Waals surface area contributed by atoms with Gasteiger partial charge in [0.05, 0.1) is 11.0 Å². The van der Waals surface area contributed by atoms with Gasteiger partial charge in [0.2, 0.25) is 0 Å². The van der Waals surface area contributed by atoms with Crippen LogP contribution in [0.2, 0.25) is 0 Å². The van der Waals surface area contributed by atoms with Crippen molar-refractivity contribution in [1.82, 2.24) is 30.7 Å². The van der Waals surface area contributed by atoms with Crippen LogP contribution in [0.4, 0.5) is 4.39 Å². The van der Waals surface area contributed by atoms with E-state index in [4.69, 9.17) is 5.10 Å². The molecule has 5 rings (SSSR count). The van der Waals surface area contributed by atoms with Crippen molar-refractivity contribution in [1.29, 1.82) is 0 Å². The second-order valence-corrected chi connectivity index (χ2v) is 14.1. The van der Waals surface area contributed by atoms with E-state index in [2.05, 4.69) is 82.3 Å². The van der Waals surface area contributed by atoms with Crippen molar-refractivity contribution in [2.24, 2.45) is 5.92 Å². The molecule has 2 aliphatic rings. The number of nitrogens with zero attached hydrogens (tertiary/aromatic N) is 2. The number of halogens is 1. The third-order valence-electron chi connectivity index (χ3n) is 10.2. The highest BCUT2D eigenvalue weighted by Crippen LogP contribution is 2.31. The summed E-state index contributed by atoms with van der Waals surface area (Å²) in [7, 11) is 0. The van der Waals surface area contributed by atoms with Gasteiger partial charge in [0.15, 0.2) is 0 Å². The minimum Gasteiger partial charge on any atom is -0.359 e. The maximum absolute atomic E-state index is 15.1. The summed E-state index contributed by atoms with van der Waals surface area (Å²) in [5.74, 6) is 0.416. The maximum atomic E-state index is 15.1. The molecule has 0 unspecified atom stereocenters. The Morgan fingerprint density at radius 2 is 1.85 bits per heavy atom. The molecule has 6 nitrogen and oxygen atoms in total. The summed E-state index contributed by atoms with van der Waals surface area (Å²) in [5, 5.41) is 16.7. The van der Waals surface area contributed by atoms with E-state index < -0.39 is 0 Å². The molecule has 2 aromatic heterocycles. The van der Waals surface area contributed by atoms with Gasteiger partial charge in [-0.3, -0.25) is 5.10 Å². The van der Waals surface area contributed by atoms with Crippen molar-refractivity contribution in [3.8, 4) is 11.4 Å². The van der Waals surface area contributed by atoms with Crippen LogP contribution >= 0.6 is 0 Å². The summed E-state index contributed by atoms with van der Waals surface area (Å²) in [4.78, 5) is 6.08. The first-order valence-electron chi connectivity index (χ1n) is 18.9. The standard InChI is InChI=1S/C45H57FN6/c1-8-15-40(37-26-35(27-38(46)28-37)16-14-23-52-21-12-13-22-52)41-30-44(49-33(41)7)45-42(43(11-4)50-51-45)24-31(5)36(9-2)29-39(10-3)48-32(6)25-34-17-19-47-20-18-34/h8-11,15,24,26-30,34,47-50H,1,3,5-6,12-14,16-23,25H2,2,4,7H3/b36-9+,39-29+,40-15-,42-24+,43-11+. The first kappa shape index (κ1) is 38.5. The van der Waals surface area contributed by atoms with Crippen LogP contribution in [0.15, 0.2) is 104 Å². The number of allylic oxidation sites excluding steroid dienone is 8. The van der Waals surface area contributed by atoms with E-state index in [9.17, 15) is 0 Å². The van der Waals surface area contributed by atoms with Gasteiger partial charge in [-0.05, 0) is 169 Å². The molecule has 274 valence electrons. The highest BCUT2D eigenvalue weighted by molar-refractivity contribution is 5.84. The van der Waals surface area contributed by atoms with Crippen LogP contribution in [-0.2, 0) is 6.42 Å². The molecule has 0 spiro atoms. The van der Waals surface area contributed by atoms with E-state index in [1.54, 1.807) is 18.2 Å². The summed E-state index contributed by atoms with van der Waals surface area (Å²) in [6.45, 7) is 28.4. The summed E-state index contributed by atoms with van der Waals surface area (Å²) >= 11 is 0. The topological polar surface area (TPSA) is 71.8 Å². The zero-order chi connectivity index (χ0) is 37.0. The number of H-pyrrole nitrogens is 2. The van der Waals surface area contributed by atoms with Crippen molar-refractivity contribution in [2.45, 2.75) is 65.7 Å². The number of rotatable bonds is 16. The number of hydrogen-bond acceptors (Lipinski definition) is 4. The second kappa shape index (κ2) is 18.7. The summed E-state index contributed by atoms with van der Waals surface area (Å²) < 4.78 is 15.1. The van der Waals surface area contributed by atoms with Gasteiger partial charge >= 0.3 is 0 Å². The molecule has 0 amide bonds. The van der Waals surface area contributed by atoms with Crippen LogP contribution in [0.25, 0.3) is 29.1 Å². The Hall–Kier alpha value is -4.72. The number of hydrogen-bond donors (Lipinski definition) is 4. The molecule has 3 aromatic rings. The van der Waals surface area contributed by atoms with Crippen LogP contribution in [0.5, 0.6) is 0 Å². The van der Waals surface area contributed by atoms with E-state index in [0.29, 0.717) is 5.92 Å². The SMILES string of the molecule is C=C/C=C(/c1cc(F)cc(CCCN2CCCC2)c1)c1cc(-c2n[nH]c(=C/C)/c2=C\C(=C)C(/C=C(\C=C)NC(=C)CC2CCNCC2)=C/C)[nH]c1C. The molecule has 52 heavy (non-hydrogen) atoms. The predicted octanol–water partition coefficient (Wildman–Crippen LogP) is 8.14. The van der Waals surface area contributed by atoms with Gasteiger partial charge in [-0.15, -0.1) is 0 Å². The number of aromatic amines is 2. The minimum absolute atomic E-state index is 0.224. The average molecular weight is 701 g/mol. The third-order valence-corrected chi connectivity index (χ3v) is 10.2. The predicted molar refractivity (Wildman–Crippen MR) is 218 cm³/mol. The molecule has 7 heteroatoms. The molecule has 1 aromatic carbocycles. The average Bonchev–Trinajstić information content (AvgIpc) is 3.89. The molecule has 0 aliphatic carbocycles. The summed E-state index contributed by atoms with van der Waals surface area (Å²) in [6, 6.07) is 7.51. The maximum Gasteiger partial charge on any atom is 0.124 e. The van der Waals surface area contributed by atoms with Crippen LogP contribution in [0.3, 0.4) is 0 Å². The first-order chi connectivity index (χ1) is 25.2. The molecular formula is C45H57FN6. The quantitative estimate of drug-likeness (QED) is 0.114. The Labute approximate surface area is 310 Å². The fourth-order valence-electron chi connectivity index (χ4n) is 7.45. The van der Waals surface area contributed by atoms with Crippen molar-refractivity contribution >= 4 is 17.7 Å². The summed E-state index contributed by atoms with van der Waals surface area (Å²) in [6.07, 6.45) is 21.5. The Bertz CT molecular complexity index is 1970. The van der Waals surface area contributed by atoms with E-state index in [1.807, 2.05) is 39.0 Å². The van der Waals surface area contributed by atoms with Crippen molar-refractivity contribution in [3.63, 3.8) is 0 Å². The van der Waals surface area contributed by atoms with Crippen LogP contribution in [-0.4, -0.2) is 52.8 Å². The molecule has 0 bridgehead atoms. The summed E-state index contributed by atoms with van der Waals surface area (Å²) in [5.41, 5.74) is 10.0. The lowest BCUT2D eigenvalue weighted by molar-refractivity contribution is 0.334. The molecular weight excluding hydrogens is 644 g/mol. The Balaban J connectivity index is 1.40. The lowest BCUT2D eigenvalue weighted by Crippen LogP contribution is -2.28. The molecule has 2 fully saturated rings. The third kappa shape index (κ3) is 9.99. The second-order valence-electron chi connectivity index (χ2n) is 14.1. The lowest BCUT2D eigenvalue weighted by Gasteiger charge is -2.24. The van der Waals surface area contributed by atoms with Gasteiger partial charge in [0, 0.05) is 27.9 Å². The molecule has 0 atom stereocenters. The molecule has 4 N–H and O–H groups in total. The lowest BCUT2D eigenvalue weighted by atomic mass is 9.93. The van der Waals surface area contributed by atoms with Gasteiger partial charge in [-0.25, -0.2) is 4.39 Å². The van der Waals surface area contributed by atoms with Crippen molar-refractivity contribution in [3.05, 3.63) is 142 Å². The molecule has 2 saturated heterocycles. The number of aromatic nitrogens is 3. The minimum atomic E-state index is -0.224. The van der Waals surface area contributed by atoms with Crippen molar-refractivity contribution < 1.29 is 4.39 Å². The molecule has 4 heterocycles. The number of nitrogens with one attached hydrogen (secondary N) is 4. The highest BCUT2D eigenvalue weighted by Gasteiger charge is 2.18. The van der Waals surface area contributed by atoms with E-state index in [-0.39, 0.29) is 5.82 Å². The van der Waals surface area contributed by atoms with Crippen LogP contribution in [0.1, 0.15) is 74.8 Å². The monoisotopic (exact) mass is 700 g/mol. The number of aryl methyl sites for hydroxylation is 2. The number of benzene rings is 1. The van der Waals surface area contributed by atoms with E-state index in [1.165, 1.54) is 38.8 Å². The van der Waals surface area contributed by atoms with Gasteiger partial charge in [-0.2, -0.15) is 5.10 Å². The van der Waals surface area contributed by atoms with Crippen LogP contribution in [0, 0.1) is 18.7 Å². The number of piperidine rings is 1. The normalized spacial score (nSPS) is 17.2. The van der Waals surface area contributed by atoms with Gasteiger partial charge < -0.3 is 20.5 Å². The Kier molecular flexibility index (Phi) is 13.8. The van der Waals surface area contributed by atoms with Crippen molar-refractivity contribution in [2.75, 3.05) is 32.7 Å². The fraction of sp³-hybridized carbons (Fsp3) is 0.356. The van der Waals surface area contributed by atoms with Gasteiger partial charge in [-0.1, -0.05) is 56.7 Å². The van der Waals surface area contributed by atoms with E-state index >= 15 is 4.39 Å². The van der Waals surface area contributed by atoms with E-state index in [0.717, 1.165) is 111 Å². The van der Waals surface area contributed by atoms with Gasteiger partial charge in [0.1, 0.15) is 11.5 Å². The fourth-order valence-corrected chi connectivity index (χ4v) is 7.45. The first-order valence-corrected chi connectivity index (χ1v) is 18.9. The number of likely N-dealkylation sites (tertiary alicyclic amines) is 1. The molecule has 0 saturated carbocycles. The largest absolute Gasteiger partial charge is 0.359 e.